The number of hydrogen-bond donors (Lipinski definition) is 3. The molecule has 0 amide bonds. The number of benzene rings is 5. The first-order chi connectivity index (χ1) is 20.5. The molecule has 1 saturated heterocycles. The molecule has 4 N–H and O–H groups in total. The molecule has 7 rings (SSSR count). The minimum absolute atomic E-state index is 0.0858. The molecule has 0 radical (unpaired) electrons. The number of nitrogens with one attached hydrogen (secondary N) is 2. The average Bonchev–Trinajstić information content (AvgIpc) is 3.68. The molecule has 6 heteroatoms. The Balaban J connectivity index is 1.09. The predicted octanol–water partition coefficient (Wildman–Crippen LogP) is 6.50. The van der Waals surface area contributed by atoms with Crippen molar-refractivity contribution in [2.75, 3.05) is 25.0 Å². The van der Waals surface area contributed by atoms with Gasteiger partial charge in [-0.3, -0.25) is 16.3 Å². The number of hydrogen-bond acceptors (Lipinski definition) is 6. The summed E-state index contributed by atoms with van der Waals surface area (Å²) in [7, 11) is 0. The Bertz CT molecular complexity index is 1810. The number of anilines is 1. The Kier molecular flexibility index (Phi) is 7.06. The third-order valence-electron chi connectivity index (χ3n) is 8.39. The zero-order valence-electron chi connectivity index (χ0n) is 23.9. The highest BCUT2D eigenvalue weighted by molar-refractivity contribution is 5.90. The summed E-state index contributed by atoms with van der Waals surface area (Å²) in [4.78, 5) is 5.07. The lowest BCUT2D eigenvalue weighted by Crippen LogP contribution is -2.43. The zero-order valence-corrected chi connectivity index (χ0v) is 23.9. The second-order valence-electron chi connectivity index (χ2n) is 11.7. The van der Waals surface area contributed by atoms with Gasteiger partial charge in [-0.25, -0.2) is 10.0 Å². The minimum Gasteiger partial charge on any atom is -0.381 e. The highest BCUT2D eigenvalue weighted by atomic mass is 15.7. The molecule has 2 heterocycles. The van der Waals surface area contributed by atoms with Crippen molar-refractivity contribution in [3.05, 3.63) is 131 Å². The third kappa shape index (κ3) is 5.58. The van der Waals surface area contributed by atoms with Gasteiger partial charge in [0.05, 0.1) is 5.54 Å². The van der Waals surface area contributed by atoms with Gasteiger partial charge in [0.15, 0.2) is 0 Å². The maximum absolute atomic E-state index is 6.87. The molecule has 42 heavy (non-hydrogen) atoms. The Hall–Kier alpha value is -4.33. The van der Waals surface area contributed by atoms with Gasteiger partial charge in [0, 0.05) is 38.1 Å². The molecule has 0 saturated carbocycles. The highest BCUT2D eigenvalue weighted by Crippen LogP contribution is 2.33. The second-order valence-corrected chi connectivity index (χ2v) is 11.7. The van der Waals surface area contributed by atoms with E-state index in [1.165, 1.54) is 38.4 Å². The van der Waals surface area contributed by atoms with E-state index in [4.69, 9.17) is 10.8 Å². The molecule has 0 aliphatic carbocycles. The molecule has 6 nitrogen and oxygen atoms in total. The highest BCUT2D eigenvalue weighted by Gasteiger charge is 2.49. The van der Waals surface area contributed by atoms with Gasteiger partial charge >= 0.3 is 0 Å². The first-order valence-electron chi connectivity index (χ1n) is 14.6. The lowest BCUT2D eigenvalue weighted by atomic mass is 10.0. The van der Waals surface area contributed by atoms with E-state index in [1.807, 2.05) is 11.2 Å². The van der Waals surface area contributed by atoms with Crippen molar-refractivity contribution in [3.8, 4) is 0 Å². The van der Waals surface area contributed by atoms with Crippen LogP contribution < -0.4 is 16.6 Å². The molecule has 2 aliphatic rings. The molecule has 5 aromatic rings. The molecule has 0 bridgehead atoms. The first-order valence-corrected chi connectivity index (χ1v) is 14.6. The van der Waals surface area contributed by atoms with E-state index in [0.717, 1.165) is 30.8 Å². The second kappa shape index (κ2) is 11.2. The molecule has 3 atom stereocenters. The van der Waals surface area contributed by atoms with Crippen LogP contribution in [0.5, 0.6) is 0 Å². The van der Waals surface area contributed by atoms with Crippen LogP contribution in [0.3, 0.4) is 0 Å². The van der Waals surface area contributed by atoms with Crippen LogP contribution in [0.4, 0.5) is 5.69 Å². The number of rotatable bonds is 9. The predicted molar refractivity (Wildman–Crippen MR) is 175 cm³/mol. The van der Waals surface area contributed by atoms with Crippen molar-refractivity contribution >= 4 is 39.5 Å². The molecular formula is C36H36N6. The molecule has 5 aromatic carbocycles. The Morgan fingerprint density at radius 2 is 1.67 bits per heavy atom. The van der Waals surface area contributed by atoms with Gasteiger partial charge in [-0.15, -0.1) is 0 Å². The molecule has 0 spiro atoms. The summed E-state index contributed by atoms with van der Waals surface area (Å²) >= 11 is 0. The normalized spacial score (nSPS) is 20.2. The van der Waals surface area contributed by atoms with Gasteiger partial charge in [-0.1, -0.05) is 97.1 Å². The molecule has 2 unspecified atom stereocenters. The summed E-state index contributed by atoms with van der Waals surface area (Å²) < 4.78 is 0. The molecular weight excluding hydrogens is 516 g/mol. The van der Waals surface area contributed by atoms with E-state index in [9.17, 15) is 0 Å². The van der Waals surface area contributed by atoms with Crippen LogP contribution in [0, 0.1) is 0 Å². The van der Waals surface area contributed by atoms with E-state index in [2.05, 4.69) is 138 Å². The fourth-order valence-corrected chi connectivity index (χ4v) is 5.90. The smallest absolute Gasteiger partial charge is 0.140 e. The summed E-state index contributed by atoms with van der Waals surface area (Å²) in [6.45, 7) is 5.49. The topological polar surface area (TPSA) is 68.7 Å². The van der Waals surface area contributed by atoms with E-state index in [0.29, 0.717) is 6.54 Å². The lowest BCUT2D eigenvalue weighted by molar-refractivity contribution is 0.163. The van der Waals surface area contributed by atoms with Crippen molar-refractivity contribution in [2.24, 2.45) is 10.8 Å². The van der Waals surface area contributed by atoms with Gasteiger partial charge in [0.25, 0.3) is 0 Å². The number of fused-ring (bicyclic) bond motifs is 3. The minimum atomic E-state index is -0.319. The van der Waals surface area contributed by atoms with Crippen molar-refractivity contribution < 1.29 is 0 Å². The van der Waals surface area contributed by atoms with Crippen LogP contribution in [-0.2, 0) is 6.54 Å². The fraction of sp³-hybridized carbons (Fsp3) is 0.194. The quantitative estimate of drug-likeness (QED) is 0.0843. The Labute approximate surface area is 247 Å². The fourth-order valence-electron chi connectivity index (χ4n) is 5.90. The van der Waals surface area contributed by atoms with Crippen LogP contribution in [0.1, 0.15) is 35.3 Å². The molecule has 2 aliphatic heterocycles. The number of hydrazine groups is 2. The summed E-state index contributed by atoms with van der Waals surface area (Å²) in [6.07, 6.45) is 5.96. The zero-order chi connectivity index (χ0) is 28.5. The van der Waals surface area contributed by atoms with Gasteiger partial charge < -0.3 is 5.32 Å². The SMILES string of the molecule is C[C@]1(CN(N)C(N=Cc2ccc3ccccc3c2)c2ccc3ccccc3c2)CN1NCc1ccc2c(c1)NCC=C2. The first kappa shape index (κ1) is 26.6. The van der Waals surface area contributed by atoms with Crippen molar-refractivity contribution in [1.29, 1.82) is 0 Å². The summed E-state index contributed by atoms with van der Waals surface area (Å²) in [5, 5.41) is 12.4. The van der Waals surface area contributed by atoms with Crippen LogP contribution in [-0.4, -0.2) is 41.4 Å². The van der Waals surface area contributed by atoms with Gasteiger partial charge in [-0.2, -0.15) is 0 Å². The Morgan fingerprint density at radius 1 is 0.929 bits per heavy atom. The van der Waals surface area contributed by atoms with Gasteiger partial charge in [0.2, 0.25) is 0 Å². The monoisotopic (exact) mass is 552 g/mol. The van der Waals surface area contributed by atoms with Gasteiger partial charge in [-0.05, 0) is 68.9 Å². The van der Waals surface area contributed by atoms with Gasteiger partial charge in [0.1, 0.15) is 6.17 Å². The average molecular weight is 553 g/mol. The lowest BCUT2D eigenvalue weighted by Gasteiger charge is -2.28. The molecule has 0 aromatic heterocycles. The van der Waals surface area contributed by atoms with E-state index < -0.39 is 0 Å². The third-order valence-corrected chi connectivity index (χ3v) is 8.39. The Morgan fingerprint density at radius 3 is 2.48 bits per heavy atom. The van der Waals surface area contributed by atoms with Crippen molar-refractivity contribution in [3.63, 3.8) is 0 Å². The van der Waals surface area contributed by atoms with E-state index in [-0.39, 0.29) is 11.7 Å². The summed E-state index contributed by atoms with van der Waals surface area (Å²) in [6, 6.07) is 36.4. The maximum Gasteiger partial charge on any atom is 0.140 e. The van der Waals surface area contributed by atoms with E-state index in [1.54, 1.807) is 0 Å². The molecule has 1 fully saturated rings. The van der Waals surface area contributed by atoms with Crippen LogP contribution in [0.25, 0.3) is 27.6 Å². The maximum atomic E-state index is 6.87. The number of nitrogens with two attached hydrogens (primary N) is 1. The summed E-state index contributed by atoms with van der Waals surface area (Å²) in [5.74, 6) is 6.87. The summed E-state index contributed by atoms with van der Waals surface area (Å²) in [5.41, 5.74) is 9.36. The van der Waals surface area contributed by atoms with Crippen LogP contribution in [0.2, 0.25) is 0 Å². The standard InChI is InChI=1S/C36H36N6/c1-36(25-42(36)40-23-27-13-15-30-11-6-18-38-34(30)20-27)24-41(37)35(33-17-16-29-8-3-5-10-32(29)21-33)39-22-26-12-14-28-7-2-4-9-31(28)19-26/h2-17,19-22,35,38,40H,18,23-25,37H2,1H3/t35?,36-,42?/m0/s1. The number of aliphatic imine (C=N–C) groups is 1. The number of nitrogens with zero attached hydrogens (tertiary/aromatic N) is 3. The van der Waals surface area contributed by atoms with Crippen molar-refractivity contribution in [1.82, 2.24) is 15.4 Å². The largest absolute Gasteiger partial charge is 0.381 e. The van der Waals surface area contributed by atoms with Crippen molar-refractivity contribution in [2.45, 2.75) is 25.2 Å². The van der Waals surface area contributed by atoms with E-state index >= 15 is 0 Å². The van der Waals surface area contributed by atoms with Crippen LogP contribution in [0.15, 0.2) is 114 Å². The molecule has 210 valence electrons. The van der Waals surface area contributed by atoms with Crippen LogP contribution >= 0.6 is 0 Å².